The summed E-state index contributed by atoms with van der Waals surface area (Å²) in [6, 6.07) is 0. The Bertz CT molecular complexity index is 172. The molecule has 12 heavy (non-hydrogen) atoms. The lowest BCUT2D eigenvalue weighted by Gasteiger charge is -1.92. The van der Waals surface area contributed by atoms with Gasteiger partial charge in [-0.1, -0.05) is 36.5 Å². The fraction of sp³-hybridized carbons (Fsp3) is 0.417. The molecule has 0 N–H and O–H groups in total. The Kier molecular flexibility index (Phi) is 5.35. The van der Waals surface area contributed by atoms with Crippen molar-refractivity contribution in [2.24, 2.45) is 0 Å². The first kappa shape index (κ1) is 9.31. The fourth-order valence-electron chi connectivity index (χ4n) is 1.20. The van der Waals surface area contributed by atoms with E-state index in [0.717, 1.165) is 0 Å². The molecular weight excluding hydrogens is 144 g/mol. The third kappa shape index (κ3) is 4.95. The minimum atomic E-state index is 1.17. The molecule has 65 valence electrons. The normalized spacial score (nSPS) is 28.0. The van der Waals surface area contributed by atoms with Crippen LogP contribution in [0.5, 0.6) is 0 Å². The molecular formula is C12H17. The van der Waals surface area contributed by atoms with Crippen molar-refractivity contribution in [2.45, 2.75) is 32.1 Å². The largest absolute Gasteiger partial charge is 0.0885 e. The Balaban J connectivity index is 2.30. The summed E-state index contributed by atoms with van der Waals surface area (Å²) < 4.78 is 0. The van der Waals surface area contributed by atoms with Crippen LogP contribution in [0.3, 0.4) is 0 Å². The average molecular weight is 161 g/mol. The first-order valence-electron chi connectivity index (χ1n) is 4.80. The summed E-state index contributed by atoms with van der Waals surface area (Å²) in [7, 11) is 0. The van der Waals surface area contributed by atoms with Gasteiger partial charge in [0.15, 0.2) is 0 Å². The summed E-state index contributed by atoms with van der Waals surface area (Å²) in [5, 5.41) is 0. The quantitative estimate of drug-likeness (QED) is 0.474. The molecule has 0 heterocycles. The summed E-state index contributed by atoms with van der Waals surface area (Å²) in [6.45, 7) is 0. The van der Waals surface area contributed by atoms with E-state index in [1.807, 2.05) is 0 Å². The highest BCUT2D eigenvalue weighted by Crippen LogP contribution is 2.02. The molecule has 0 aromatic heterocycles. The van der Waals surface area contributed by atoms with Gasteiger partial charge in [-0.3, -0.25) is 0 Å². The van der Waals surface area contributed by atoms with Gasteiger partial charge in [-0.2, -0.15) is 0 Å². The van der Waals surface area contributed by atoms with Crippen LogP contribution in [0.2, 0.25) is 0 Å². The summed E-state index contributed by atoms with van der Waals surface area (Å²) >= 11 is 0. The van der Waals surface area contributed by atoms with E-state index in [2.05, 4.69) is 42.9 Å². The van der Waals surface area contributed by atoms with Crippen LogP contribution in [-0.4, -0.2) is 0 Å². The first-order chi connectivity index (χ1) is 6.00. The molecule has 0 amide bonds. The molecule has 1 rings (SSSR count). The van der Waals surface area contributed by atoms with Gasteiger partial charge in [0, 0.05) is 6.42 Å². The molecule has 0 fully saturated rings. The topological polar surface area (TPSA) is 0 Å². The summed E-state index contributed by atoms with van der Waals surface area (Å²) in [5.41, 5.74) is 0. The number of allylic oxidation sites excluding steroid dienone is 6. The highest BCUT2D eigenvalue weighted by Gasteiger charge is 1.83. The molecule has 0 unspecified atom stereocenters. The van der Waals surface area contributed by atoms with Crippen molar-refractivity contribution in [3.63, 3.8) is 0 Å². The minimum absolute atomic E-state index is 1.17. The van der Waals surface area contributed by atoms with Crippen LogP contribution < -0.4 is 0 Å². The average Bonchev–Trinajstić information content (AvgIpc) is 2.05. The van der Waals surface area contributed by atoms with Gasteiger partial charge in [-0.15, -0.1) is 0 Å². The molecule has 1 aliphatic carbocycles. The zero-order chi connectivity index (χ0) is 8.49. The van der Waals surface area contributed by atoms with Crippen molar-refractivity contribution in [1.29, 1.82) is 0 Å². The van der Waals surface area contributed by atoms with Crippen molar-refractivity contribution in [2.75, 3.05) is 0 Å². The zero-order valence-electron chi connectivity index (χ0n) is 7.58. The maximum atomic E-state index is 2.30. The van der Waals surface area contributed by atoms with Crippen LogP contribution in [0.15, 0.2) is 36.5 Å². The fourth-order valence-corrected chi connectivity index (χ4v) is 1.20. The van der Waals surface area contributed by atoms with Crippen molar-refractivity contribution in [3.05, 3.63) is 42.9 Å². The summed E-state index contributed by atoms with van der Waals surface area (Å²) in [5.74, 6) is 0. The monoisotopic (exact) mass is 161 g/mol. The van der Waals surface area contributed by atoms with Crippen molar-refractivity contribution >= 4 is 0 Å². The molecule has 0 bridgehead atoms. The molecule has 0 heteroatoms. The van der Waals surface area contributed by atoms with Crippen molar-refractivity contribution < 1.29 is 0 Å². The maximum Gasteiger partial charge on any atom is 0.00441 e. The lowest BCUT2D eigenvalue weighted by atomic mass is 10.1. The molecule has 0 aromatic carbocycles. The van der Waals surface area contributed by atoms with Gasteiger partial charge in [-0.25, -0.2) is 0 Å². The number of hydrogen-bond acceptors (Lipinski definition) is 0. The standard InChI is InChI=1S/C12H17/c1-2-4-6-8-10-12-11-9-7-5-3-1/h1-5,10,12H,6-9,11H2/b4-2-,5-3+,12-10-. The van der Waals surface area contributed by atoms with Gasteiger partial charge in [0.2, 0.25) is 0 Å². The highest BCUT2D eigenvalue weighted by molar-refractivity contribution is 5.08. The van der Waals surface area contributed by atoms with Crippen LogP contribution >= 0.6 is 0 Å². The van der Waals surface area contributed by atoms with E-state index in [0.29, 0.717) is 0 Å². The van der Waals surface area contributed by atoms with Crippen LogP contribution in [0.25, 0.3) is 0 Å². The second kappa shape index (κ2) is 6.90. The third-order valence-corrected chi connectivity index (χ3v) is 1.90. The van der Waals surface area contributed by atoms with E-state index in [4.69, 9.17) is 0 Å². The molecule has 1 radical (unpaired) electrons. The second-order valence-electron chi connectivity index (χ2n) is 3.03. The Morgan fingerprint density at radius 3 is 2.08 bits per heavy atom. The van der Waals surface area contributed by atoms with Gasteiger partial charge >= 0.3 is 0 Å². The lowest BCUT2D eigenvalue weighted by Crippen LogP contribution is -1.72. The molecule has 0 spiro atoms. The molecule has 1 aliphatic rings. The Hall–Kier alpha value is -0.780. The molecule has 0 saturated carbocycles. The summed E-state index contributed by atoms with van der Waals surface area (Å²) in [4.78, 5) is 0. The van der Waals surface area contributed by atoms with Crippen molar-refractivity contribution in [3.8, 4) is 0 Å². The van der Waals surface area contributed by atoms with E-state index in [1.54, 1.807) is 0 Å². The van der Waals surface area contributed by atoms with E-state index in [-0.39, 0.29) is 0 Å². The number of rotatable bonds is 0. The van der Waals surface area contributed by atoms with Gasteiger partial charge in [0.25, 0.3) is 0 Å². The molecule has 0 aliphatic heterocycles. The Morgan fingerprint density at radius 2 is 1.17 bits per heavy atom. The van der Waals surface area contributed by atoms with Gasteiger partial charge < -0.3 is 0 Å². The van der Waals surface area contributed by atoms with E-state index >= 15 is 0 Å². The smallest absolute Gasteiger partial charge is 0.00441 e. The number of hydrogen-bond donors (Lipinski definition) is 0. The predicted molar refractivity (Wildman–Crippen MR) is 54.8 cm³/mol. The van der Waals surface area contributed by atoms with Crippen LogP contribution in [0.1, 0.15) is 32.1 Å². The second-order valence-corrected chi connectivity index (χ2v) is 3.03. The van der Waals surface area contributed by atoms with E-state index in [9.17, 15) is 0 Å². The van der Waals surface area contributed by atoms with Gasteiger partial charge in [0.05, 0.1) is 0 Å². The molecule has 0 saturated heterocycles. The lowest BCUT2D eigenvalue weighted by molar-refractivity contribution is 0.861. The maximum absolute atomic E-state index is 2.30. The predicted octanol–water partition coefficient (Wildman–Crippen LogP) is 3.82. The Labute approximate surface area is 75.7 Å². The highest BCUT2D eigenvalue weighted by atomic mass is 13.9. The SMILES string of the molecule is [CH]1/C=C\CC/C=C\CCC/C=C/1. The third-order valence-electron chi connectivity index (χ3n) is 1.90. The Morgan fingerprint density at radius 1 is 0.583 bits per heavy atom. The minimum Gasteiger partial charge on any atom is -0.0885 e. The van der Waals surface area contributed by atoms with Gasteiger partial charge in [0.1, 0.15) is 0 Å². The molecule has 0 aromatic rings. The van der Waals surface area contributed by atoms with Gasteiger partial charge in [-0.05, 0) is 32.1 Å². The van der Waals surface area contributed by atoms with Crippen LogP contribution in [0, 0.1) is 6.42 Å². The zero-order valence-corrected chi connectivity index (χ0v) is 7.58. The molecule has 0 nitrogen and oxygen atoms in total. The van der Waals surface area contributed by atoms with E-state index in [1.165, 1.54) is 32.1 Å². The van der Waals surface area contributed by atoms with Crippen molar-refractivity contribution in [1.82, 2.24) is 0 Å². The molecule has 0 atom stereocenters. The van der Waals surface area contributed by atoms with Crippen LogP contribution in [-0.2, 0) is 0 Å². The van der Waals surface area contributed by atoms with Crippen LogP contribution in [0.4, 0.5) is 0 Å². The van der Waals surface area contributed by atoms with E-state index < -0.39 is 0 Å². The first-order valence-corrected chi connectivity index (χ1v) is 4.80. The summed E-state index contributed by atoms with van der Waals surface area (Å²) in [6.07, 6.45) is 21.5.